The molecule has 1 atom stereocenters. The van der Waals surface area contributed by atoms with E-state index in [1.165, 1.54) is 10.4 Å². The van der Waals surface area contributed by atoms with Crippen molar-refractivity contribution in [1.29, 1.82) is 0 Å². The van der Waals surface area contributed by atoms with Gasteiger partial charge in [0.05, 0.1) is 11.6 Å². The fraction of sp³-hybridized carbons (Fsp3) is 0.412. The van der Waals surface area contributed by atoms with Gasteiger partial charge in [-0.05, 0) is 70.9 Å². The fourth-order valence-corrected chi connectivity index (χ4v) is 3.73. The van der Waals surface area contributed by atoms with E-state index in [2.05, 4.69) is 57.8 Å². The van der Waals surface area contributed by atoms with Gasteiger partial charge in [0.2, 0.25) is 0 Å². The quantitative estimate of drug-likeness (QED) is 0.731. The van der Waals surface area contributed by atoms with Crippen LogP contribution >= 0.6 is 27.3 Å². The smallest absolute Gasteiger partial charge is 0.133 e. The minimum absolute atomic E-state index is 0.476. The monoisotopic (exact) mass is 367 g/mol. The summed E-state index contributed by atoms with van der Waals surface area (Å²) < 4.78 is 6.32. The first-order valence-electron chi connectivity index (χ1n) is 7.31. The molecule has 1 heterocycles. The van der Waals surface area contributed by atoms with Crippen LogP contribution in [0.25, 0.3) is 0 Å². The summed E-state index contributed by atoms with van der Waals surface area (Å²) in [5.41, 5.74) is 1.33. The van der Waals surface area contributed by atoms with Gasteiger partial charge in [-0.3, -0.25) is 0 Å². The standard InChI is InChI=1S/C17H22BrNOS/c1-3-8-19-14(12-15-5-4-9-21-15)10-13-6-7-17(20-2)16(18)11-13/h4-7,9,11,14,19H,3,8,10,12H2,1-2H3. The lowest BCUT2D eigenvalue weighted by molar-refractivity contribution is 0.411. The van der Waals surface area contributed by atoms with E-state index in [9.17, 15) is 0 Å². The molecule has 0 saturated carbocycles. The summed E-state index contributed by atoms with van der Waals surface area (Å²) in [5, 5.41) is 5.81. The van der Waals surface area contributed by atoms with Crippen LogP contribution in [0.3, 0.4) is 0 Å². The van der Waals surface area contributed by atoms with Gasteiger partial charge >= 0.3 is 0 Å². The van der Waals surface area contributed by atoms with E-state index in [-0.39, 0.29) is 0 Å². The number of hydrogen-bond donors (Lipinski definition) is 1. The Balaban J connectivity index is 2.04. The molecule has 1 unspecified atom stereocenters. The molecule has 0 aliphatic rings. The van der Waals surface area contributed by atoms with Gasteiger partial charge in [-0.15, -0.1) is 11.3 Å². The van der Waals surface area contributed by atoms with E-state index < -0.39 is 0 Å². The molecule has 0 aliphatic carbocycles. The van der Waals surface area contributed by atoms with E-state index in [1.54, 1.807) is 7.11 Å². The summed E-state index contributed by atoms with van der Waals surface area (Å²) in [4.78, 5) is 1.44. The first-order chi connectivity index (χ1) is 10.2. The highest BCUT2D eigenvalue weighted by atomic mass is 79.9. The second-order valence-corrected chi connectivity index (χ2v) is 6.99. The summed E-state index contributed by atoms with van der Waals surface area (Å²) in [6.45, 7) is 3.27. The zero-order chi connectivity index (χ0) is 15.1. The third-order valence-corrected chi connectivity index (χ3v) is 4.93. The van der Waals surface area contributed by atoms with Crippen LogP contribution in [0.4, 0.5) is 0 Å². The second kappa shape index (κ2) is 8.57. The topological polar surface area (TPSA) is 21.3 Å². The number of halogens is 1. The number of thiophene rings is 1. The molecule has 4 heteroatoms. The van der Waals surface area contributed by atoms with Crippen molar-refractivity contribution < 1.29 is 4.74 Å². The number of nitrogens with one attached hydrogen (secondary N) is 1. The van der Waals surface area contributed by atoms with Gasteiger partial charge in [-0.2, -0.15) is 0 Å². The minimum Gasteiger partial charge on any atom is -0.496 e. The first-order valence-corrected chi connectivity index (χ1v) is 8.98. The maximum Gasteiger partial charge on any atom is 0.133 e. The lowest BCUT2D eigenvalue weighted by Gasteiger charge is -2.18. The van der Waals surface area contributed by atoms with E-state index in [0.29, 0.717) is 6.04 Å². The lowest BCUT2D eigenvalue weighted by Crippen LogP contribution is -2.33. The van der Waals surface area contributed by atoms with Crippen molar-refractivity contribution in [2.24, 2.45) is 0 Å². The van der Waals surface area contributed by atoms with Crippen molar-refractivity contribution in [1.82, 2.24) is 5.32 Å². The van der Waals surface area contributed by atoms with Crippen molar-refractivity contribution in [2.75, 3.05) is 13.7 Å². The molecule has 0 radical (unpaired) electrons. The van der Waals surface area contributed by atoms with Crippen LogP contribution in [0.2, 0.25) is 0 Å². The van der Waals surface area contributed by atoms with Crippen molar-refractivity contribution in [3.8, 4) is 5.75 Å². The number of methoxy groups -OCH3 is 1. The lowest BCUT2D eigenvalue weighted by atomic mass is 10.0. The van der Waals surface area contributed by atoms with Crippen LogP contribution in [0.1, 0.15) is 23.8 Å². The predicted octanol–water partition coefficient (Wildman–Crippen LogP) is 4.67. The average molecular weight is 368 g/mol. The maximum absolute atomic E-state index is 5.29. The highest BCUT2D eigenvalue weighted by Gasteiger charge is 2.12. The summed E-state index contributed by atoms with van der Waals surface area (Å²) in [6, 6.07) is 11.2. The van der Waals surface area contributed by atoms with Crippen LogP contribution in [0.15, 0.2) is 40.2 Å². The zero-order valence-electron chi connectivity index (χ0n) is 12.6. The van der Waals surface area contributed by atoms with Gasteiger partial charge in [-0.25, -0.2) is 0 Å². The Morgan fingerprint density at radius 1 is 1.29 bits per heavy atom. The van der Waals surface area contributed by atoms with Gasteiger partial charge in [0.15, 0.2) is 0 Å². The summed E-state index contributed by atoms with van der Waals surface area (Å²) in [6.07, 6.45) is 3.27. The molecule has 2 aromatic rings. The molecule has 21 heavy (non-hydrogen) atoms. The molecule has 2 nitrogen and oxygen atoms in total. The van der Waals surface area contributed by atoms with Gasteiger partial charge in [0.1, 0.15) is 5.75 Å². The predicted molar refractivity (Wildman–Crippen MR) is 94.5 cm³/mol. The second-order valence-electron chi connectivity index (χ2n) is 5.11. The number of hydrogen-bond acceptors (Lipinski definition) is 3. The molecule has 114 valence electrons. The van der Waals surface area contributed by atoms with Gasteiger partial charge in [0.25, 0.3) is 0 Å². The third kappa shape index (κ3) is 5.13. The van der Waals surface area contributed by atoms with Crippen LogP contribution in [0.5, 0.6) is 5.75 Å². The van der Waals surface area contributed by atoms with E-state index in [1.807, 2.05) is 17.4 Å². The molecular weight excluding hydrogens is 346 g/mol. The molecule has 2 rings (SSSR count). The molecular formula is C17H22BrNOS. The molecule has 0 spiro atoms. The Bertz CT molecular complexity index is 542. The van der Waals surface area contributed by atoms with Gasteiger partial charge in [0, 0.05) is 10.9 Å². The van der Waals surface area contributed by atoms with Crippen molar-refractivity contribution >= 4 is 27.3 Å². The largest absolute Gasteiger partial charge is 0.496 e. The Kier molecular flexibility index (Phi) is 6.74. The van der Waals surface area contributed by atoms with E-state index in [0.717, 1.165) is 36.0 Å². The molecule has 0 fully saturated rings. The minimum atomic E-state index is 0.476. The molecule has 1 aromatic heterocycles. The average Bonchev–Trinajstić information content (AvgIpc) is 2.98. The van der Waals surface area contributed by atoms with Crippen LogP contribution < -0.4 is 10.1 Å². The van der Waals surface area contributed by atoms with E-state index >= 15 is 0 Å². The molecule has 0 aliphatic heterocycles. The number of ether oxygens (including phenoxy) is 1. The SMILES string of the molecule is CCCNC(Cc1ccc(OC)c(Br)c1)Cc1cccs1. The van der Waals surface area contributed by atoms with Crippen molar-refractivity contribution in [2.45, 2.75) is 32.2 Å². The van der Waals surface area contributed by atoms with Crippen LogP contribution in [-0.2, 0) is 12.8 Å². The third-order valence-electron chi connectivity index (χ3n) is 3.41. The van der Waals surface area contributed by atoms with E-state index in [4.69, 9.17) is 4.74 Å². The molecule has 0 saturated heterocycles. The number of benzene rings is 1. The maximum atomic E-state index is 5.29. The van der Waals surface area contributed by atoms with Crippen LogP contribution in [0, 0.1) is 0 Å². The van der Waals surface area contributed by atoms with Crippen molar-refractivity contribution in [3.05, 3.63) is 50.6 Å². The van der Waals surface area contributed by atoms with Gasteiger partial charge in [-0.1, -0.05) is 19.1 Å². The Hall–Kier alpha value is -0.840. The van der Waals surface area contributed by atoms with Crippen LogP contribution in [-0.4, -0.2) is 19.7 Å². The summed E-state index contributed by atoms with van der Waals surface area (Å²) in [7, 11) is 1.70. The molecule has 0 bridgehead atoms. The fourth-order valence-electron chi connectivity index (χ4n) is 2.36. The van der Waals surface area contributed by atoms with Crippen molar-refractivity contribution in [3.63, 3.8) is 0 Å². The zero-order valence-corrected chi connectivity index (χ0v) is 15.0. The first kappa shape index (κ1) is 16.5. The molecule has 1 N–H and O–H groups in total. The summed E-state index contributed by atoms with van der Waals surface area (Å²) >= 11 is 5.40. The van der Waals surface area contributed by atoms with Gasteiger partial charge < -0.3 is 10.1 Å². The Morgan fingerprint density at radius 2 is 2.14 bits per heavy atom. The highest BCUT2D eigenvalue weighted by molar-refractivity contribution is 9.10. The Morgan fingerprint density at radius 3 is 2.76 bits per heavy atom. The summed E-state index contributed by atoms with van der Waals surface area (Å²) in [5.74, 6) is 0.884. The number of rotatable bonds is 8. The Labute approximate surface area is 139 Å². The molecule has 1 aromatic carbocycles. The molecule has 0 amide bonds. The highest BCUT2D eigenvalue weighted by Crippen LogP contribution is 2.26. The normalized spacial score (nSPS) is 12.3.